The third kappa shape index (κ3) is 1.66. The zero-order chi connectivity index (χ0) is 9.97. The number of hydrogen-bond donors (Lipinski definition) is 1. The summed E-state index contributed by atoms with van der Waals surface area (Å²) in [4.78, 5) is 21.1. The second kappa shape index (κ2) is 3.61. The first kappa shape index (κ1) is 8.93. The van der Waals surface area contributed by atoms with Crippen LogP contribution in [0.5, 0.6) is 0 Å². The van der Waals surface area contributed by atoms with Crippen LogP contribution in [-0.2, 0) is 0 Å². The number of carbonyl (C=O) groups excluding carboxylic acids is 1. The second-order valence-corrected chi connectivity index (χ2v) is 3.30. The van der Waals surface area contributed by atoms with Crippen molar-refractivity contribution in [3.8, 4) is 0 Å². The molecule has 5 nitrogen and oxygen atoms in total. The van der Waals surface area contributed by atoms with Gasteiger partial charge in [0.2, 0.25) is 5.95 Å². The SMILES string of the molecule is NC(=O)c1ccnc(N2CCCC2)n1. The fraction of sp³-hybridized carbons (Fsp3) is 0.444. The highest BCUT2D eigenvalue weighted by atomic mass is 16.1. The Kier molecular flexibility index (Phi) is 2.30. The number of anilines is 1. The highest BCUT2D eigenvalue weighted by Crippen LogP contribution is 2.14. The van der Waals surface area contributed by atoms with Gasteiger partial charge in [-0.25, -0.2) is 9.97 Å². The van der Waals surface area contributed by atoms with E-state index in [-0.39, 0.29) is 5.69 Å². The number of rotatable bonds is 2. The molecule has 1 aliphatic heterocycles. The molecule has 2 rings (SSSR count). The second-order valence-electron chi connectivity index (χ2n) is 3.30. The molecule has 0 atom stereocenters. The number of amides is 1. The maximum Gasteiger partial charge on any atom is 0.267 e. The minimum Gasteiger partial charge on any atom is -0.364 e. The van der Waals surface area contributed by atoms with Gasteiger partial charge in [0, 0.05) is 19.3 Å². The van der Waals surface area contributed by atoms with E-state index in [0.29, 0.717) is 5.95 Å². The van der Waals surface area contributed by atoms with Gasteiger partial charge in [-0.2, -0.15) is 0 Å². The lowest BCUT2D eigenvalue weighted by atomic mass is 10.4. The van der Waals surface area contributed by atoms with Crippen molar-refractivity contribution in [3.63, 3.8) is 0 Å². The van der Waals surface area contributed by atoms with Crippen molar-refractivity contribution in [1.82, 2.24) is 9.97 Å². The van der Waals surface area contributed by atoms with Crippen LogP contribution < -0.4 is 10.6 Å². The molecule has 0 aromatic carbocycles. The van der Waals surface area contributed by atoms with Gasteiger partial charge in [0.05, 0.1) is 0 Å². The summed E-state index contributed by atoms with van der Waals surface area (Å²) in [6.45, 7) is 1.92. The number of carbonyl (C=O) groups is 1. The van der Waals surface area contributed by atoms with Crippen molar-refractivity contribution in [1.29, 1.82) is 0 Å². The number of nitrogens with two attached hydrogens (primary N) is 1. The molecule has 2 N–H and O–H groups in total. The summed E-state index contributed by atoms with van der Waals surface area (Å²) >= 11 is 0. The highest BCUT2D eigenvalue weighted by molar-refractivity contribution is 5.90. The van der Waals surface area contributed by atoms with Crippen molar-refractivity contribution >= 4 is 11.9 Å². The molecule has 1 amide bonds. The van der Waals surface area contributed by atoms with Crippen LogP contribution in [-0.4, -0.2) is 29.0 Å². The Labute approximate surface area is 82.0 Å². The Balaban J connectivity index is 2.25. The monoisotopic (exact) mass is 192 g/mol. The summed E-state index contributed by atoms with van der Waals surface area (Å²) in [6, 6.07) is 1.53. The zero-order valence-electron chi connectivity index (χ0n) is 7.81. The first-order valence-electron chi connectivity index (χ1n) is 4.65. The summed E-state index contributed by atoms with van der Waals surface area (Å²) < 4.78 is 0. The minimum atomic E-state index is -0.507. The van der Waals surface area contributed by atoms with Crippen molar-refractivity contribution in [2.45, 2.75) is 12.8 Å². The maximum atomic E-state index is 10.9. The first-order valence-corrected chi connectivity index (χ1v) is 4.65. The van der Waals surface area contributed by atoms with E-state index in [0.717, 1.165) is 25.9 Å². The lowest BCUT2D eigenvalue weighted by Crippen LogP contribution is -2.22. The average Bonchev–Trinajstić information content (AvgIpc) is 2.71. The maximum absolute atomic E-state index is 10.9. The topological polar surface area (TPSA) is 72.1 Å². The third-order valence-electron chi connectivity index (χ3n) is 2.28. The normalized spacial score (nSPS) is 15.9. The number of hydrogen-bond acceptors (Lipinski definition) is 4. The van der Waals surface area contributed by atoms with Gasteiger partial charge in [-0.05, 0) is 18.9 Å². The van der Waals surface area contributed by atoms with Gasteiger partial charge in [-0.3, -0.25) is 4.79 Å². The zero-order valence-corrected chi connectivity index (χ0v) is 7.81. The minimum absolute atomic E-state index is 0.280. The molecule has 1 fully saturated rings. The third-order valence-corrected chi connectivity index (χ3v) is 2.28. The summed E-state index contributed by atoms with van der Waals surface area (Å²) in [5.41, 5.74) is 5.41. The van der Waals surface area contributed by atoms with Crippen LogP contribution in [0.3, 0.4) is 0 Å². The molecule has 0 saturated carbocycles. The highest BCUT2D eigenvalue weighted by Gasteiger charge is 2.15. The Bertz CT molecular complexity index is 346. The van der Waals surface area contributed by atoms with E-state index < -0.39 is 5.91 Å². The van der Waals surface area contributed by atoms with Crippen LogP contribution in [0.4, 0.5) is 5.95 Å². The van der Waals surface area contributed by atoms with Gasteiger partial charge < -0.3 is 10.6 Å². The van der Waals surface area contributed by atoms with E-state index in [1.54, 1.807) is 6.20 Å². The van der Waals surface area contributed by atoms with E-state index in [2.05, 4.69) is 14.9 Å². The molecule has 0 spiro atoms. The Morgan fingerprint density at radius 3 is 2.79 bits per heavy atom. The molecule has 1 aliphatic rings. The molecular weight excluding hydrogens is 180 g/mol. The van der Waals surface area contributed by atoms with Crippen LogP contribution in [0.25, 0.3) is 0 Å². The van der Waals surface area contributed by atoms with E-state index in [4.69, 9.17) is 5.73 Å². The number of nitrogens with zero attached hydrogens (tertiary/aromatic N) is 3. The molecule has 2 heterocycles. The Hall–Kier alpha value is -1.65. The molecule has 0 unspecified atom stereocenters. The fourth-order valence-corrected chi connectivity index (χ4v) is 1.56. The van der Waals surface area contributed by atoms with Gasteiger partial charge in [0.25, 0.3) is 5.91 Å². The van der Waals surface area contributed by atoms with Crippen molar-refractivity contribution in [2.75, 3.05) is 18.0 Å². The van der Waals surface area contributed by atoms with Crippen molar-refractivity contribution < 1.29 is 4.79 Å². The van der Waals surface area contributed by atoms with Gasteiger partial charge >= 0.3 is 0 Å². The molecule has 1 aromatic rings. The standard InChI is InChI=1S/C9H12N4O/c10-8(14)7-3-4-11-9(12-7)13-5-1-2-6-13/h3-4H,1-2,5-6H2,(H2,10,14). The lowest BCUT2D eigenvalue weighted by molar-refractivity contribution is 0.0995. The summed E-state index contributed by atoms with van der Waals surface area (Å²) in [5.74, 6) is 0.103. The van der Waals surface area contributed by atoms with E-state index in [1.807, 2.05) is 0 Å². The molecule has 0 aliphatic carbocycles. The quantitative estimate of drug-likeness (QED) is 0.725. The predicted octanol–water partition coefficient (Wildman–Crippen LogP) is 0.176. The van der Waals surface area contributed by atoms with E-state index >= 15 is 0 Å². The molecule has 0 bridgehead atoms. The molecule has 1 aromatic heterocycles. The number of aromatic nitrogens is 2. The molecule has 1 saturated heterocycles. The molecular formula is C9H12N4O. The van der Waals surface area contributed by atoms with Crippen molar-refractivity contribution in [3.05, 3.63) is 18.0 Å². The fourth-order valence-electron chi connectivity index (χ4n) is 1.56. The van der Waals surface area contributed by atoms with Crippen LogP contribution in [0.2, 0.25) is 0 Å². The average molecular weight is 192 g/mol. The number of primary amides is 1. The lowest BCUT2D eigenvalue weighted by Gasteiger charge is -2.14. The summed E-state index contributed by atoms with van der Waals surface area (Å²) in [6.07, 6.45) is 3.88. The molecule has 0 radical (unpaired) electrons. The molecule has 14 heavy (non-hydrogen) atoms. The van der Waals surface area contributed by atoms with Crippen molar-refractivity contribution in [2.24, 2.45) is 5.73 Å². The van der Waals surface area contributed by atoms with Gasteiger partial charge in [0.15, 0.2) is 0 Å². The van der Waals surface area contributed by atoms with Crippen LogP contribution in [0, 0.1) is 0 Å². The van der Waals surface area contributed by atoms with E-state index in [9.17, 15) is 4.79 Å². The van der Waals surface area contributed by atoms with E-state index in [1.165, 1.54) is 6.07 Å². The van der Waals surface area contributed by atoms with Crippen LogP contribution >= 0.6 is 0 Å². The summed E-state index contributed by atoms with van der Waals surface area (Å²) in [7, 11) is 0. The molecule has 74 valence electrons. The Morgan fingerprint density at radius 1 is 1.43 bits per heavy atom. The summed E-state index contributed by atoms with van der Waals surface area (Å²) in [5, 5.41) is 0. The van der Waals surface area contributed by atoms with Crippen LogP contribution in [0.1, 0.15) is 23.3 Å². The van der Waals surface area contributed by atoms with Gasteiger partial charge in [-0.1, -0.05) is 0 Å². The predicted molar refractivity (Wildman–Crippen MR) is 52.0 cm³/mol. The first-order chi connectivity index (χ1) is 6.77. The smallest absolute Gasteiger partial charge is 0.267 e. The largest absolute Gasteiger partial charge is 0.364 e. The molecule has 5 heteroatoms. The van der Waals surface area contributed by atoms with Gasteiger partial charge in [0.1, 0.15) is 5.69 Å². The van der Waals surface area contributed by atoms with Crippen LogP contribution in [0.15, 0.2) is 12.3 Å². The van der Waals surface area contributed by atoms with Gasteiger partial charge in [-0.15, -0.1) is 0 Å². The Morgan fingerprint density at radius 2 is 2.14 bits per heavy atom.